The van der Waals surface area contributed by atoms with Crippen molar-refractivity contribution in [2.45, 2.75) is 26.1 Å². The first kappa shape index (κ1) is 23.3. The van der Waals surface area contributed by atoms with Crippen molar-refractivity contribution in [3.05, 3.63) is 53.9 Å². The summed E-state index contributed by atoms with van der Waals surface area (Å²) in [5, 5.41) is 13.7. The molecule has 0 spiro atoms. The number of hydrogen-bond acceptors (Lipinski definition) is 8. The van der Waals surface area contributed by atoms with E-state index in [2.05, 4.69) is 67.2 Å². The lowest BCUT2D eigenvalue weighted by molar-refractivity contribution is -0.0327. The zero-order valence-corrected chi connectivity index (χ0v) is 20.7. The van der Waals surface area contributed by atoms with Crippen LogP contribution in [0.1, 0.15) is 18.2 Å². The van der Waals surface area contributed by atoms with Crippen LogP contribution in [0.25, 0.3) is 10.9 Å². The number of hydrogen-bond donors (Lipinski definition) is 1. The molecule has 8 heteroatoms. The molecule has 35 heavy (non-hydrogen) atoms. The van der Waals surface area contributed by atoms with Crippen LogP contribution in [0.2, 0.25) is 0 Å². The van der Waals surface area contributed by atoms with Gasteiger partial charge < -0.3 is 19.9 Å². The van der Waals surface area contributed by atoms with Gasteiger partial charge in [0.05, 0.1) is 23.3 Å². The van der Waals surface area contributed by atoms with E-state index in [9.17, 15) is 5.26 Å². The Bertz CT molecular complexity index is 1230. The van der Waals surface area contributed by atoms with Crippen LogP contribution in [0.15, 0.2) is 42.6 Å². The number of pyridine rings is 2. The van der Waals surface area contributed by atoms with E-state index in [1.54, 1.807) is 6.20 Å². The maximum absolute atomic E-state index is 9.50. The molecule has 182 valence electrons. The first-order valence-corrected chi connectivity index (χ1v) is 12.4. The minimum absolute atomic E-state index is 0.131. The quantitative estimate of drug-likeness (QED) is 0.607. The van der Waals surface area contributed by atoms with Crippen molar-refractivity contribution >= 4 is 28.1 Å². The number of nitriles is 1. The Morgan fingerprint density at radius 2 is 1.94 bits per heavy atom. The molecule has 2 aliphatic heterocycles. The third kappa shape index (κ3) is 5.02. The van der Waals surface area contributed by atoms with Gasteiger partial charge in [0.1, 0.15) is 11.9 Å². The first-order chi connectivity index (χ1) is 17.0. The van der Waals surface area contributed by atoms with E-state index in [-0.39, 0.29) is 12.2 Å². The van der Waals surface area contributed by atoms with E-state index >= 15 is 0 Å². The van der Waals surface area contributed by atoms with Crippen molar-refractivity contribution in [3.63, 3.8) is 0 Å². The summed E-state index contributed by atoms with van der Waals surface area (Å²) in [6.07, 6.45) is 2.02. The van der Waals surface area contributed by atoms with Gasteiger partial charge in [-0.3, -0.25) is 9.88 Å². The van der Waals surface area contributed by atoms with Crippen LogP contribution >= 0.6 is 0 Å². The van der Waals surface area contributed by atoms with Gasteiger partial charge in [0, 0.05) is 87.6 Å². The van der Waals surface area contributed by atoms with Crippen LogP contribution in [0, 0.1) is 18.3 Å². The molecule has 0 aliphatic carbocycles. The molecule has 2 aromatic heterocycles. The molecule has 2 saturated heterocycles. The number of fused-ring (bicyclic) bond motifs is 1. The maximum Gasteiger partial charge on any atom is 0.128 e. The van der Waals surface area contributed by atoms with Crippen molar-refractivity contribution in [1.82, 2.24) is 14.9 Å². The minimum Gasteiger partial charge on any atom is -0.373 e. The molecule has 8 nitrogen and oxygen atoms in total. The Balaban J connectivity index is 1.25. The Morgan fingerprint density at radius 1 is 1.11 bits per heavy atom. The number of ether oxygens (including phenoxy) is 1. The van der Waals surface area contributed by atoms with Gasteiger partial charge in [0.2, 0.25) is 0 Å². The number of piperazine rings is 1. The lowest BCUT2D eigenvalue weighted by Crippen LogP contribution is -2.54. The van der Waals surface area contributed by atoms with Crippen LogP contribution < -0.4 is 15.1 Å². The molecule has 0 amide bonds. The second-order valence-corrected chi connectivity index (χ2v) is 9.51. The largest absolute Gasteiger partial charge is 0.373 e. The van der Waals surface area contributed by atoms with Crippen molar-refractivity contribution in [2.75, 3.05) is 68.0 Å². The van der Waals surface area contributed by atoms with E-state index in [1.165, 1.54) is 5.69 Å². The highest BCUT2D eigenvalue weighted by Gasteiger charge is 2.29. The summed E-state index contributed by atoms with van der Waals surface area (Å²) in [6, 6.07) is 14.5. The maximum atomic E-state index is 9.50. The van der Waals surface area contributed by atoms with Gasteiger partial charge in [-0.2, -0.15) is 5.26 Å². The molecule has 2 aliphatic rings. The highest BCUT2D eigenvalue weighted by Crippen LogP contribution is 2.30. The van der Waals surface area contributed by atoms with Crippen molar-refractivity contribution in [3.8, 4) is 6.07 Å². The van der Waals surface area contributed by atoms with Crippen molar-refractivity contribution in [1.29, 1.82) is 5.26 Å². The summed E-state index contributed by atoms with van der Waals surface area (Å²) >= 11 is 0. The molecule has 2 unspecified atom stereocenters. The van der Waals surface area contributed by atoms with Crippen LogP contribution in [0.3, 0.4) is 0 Å². The number of morpholine rings is 1. The zero-order valence-electron chi connectivity index (χ0n) is 20.7. The molecule has 0 saturated carbocycles. The Labute approximate surface area is 207 Å². The van der Waals surface area contributed by atoms with Gasteiger partial charge in [-0.25, -0.2) is 4.98 Å². The Morgan fingerprint density at radius 3 is 2.71 bits per heavy atom. The normalized spacial score (nSPS) is 21.2. The molecule has 2 atom stereocenters. The summed E-state index contributed by atoms with van der Waals surface area (Å²) in [4.78, 5) is 16.4. The number of benzene rings is 1. The first-order valence-electron chi connectivity index (χ1n) is 12.4. The van der Waals surface area contributed by atoms with Crippen LogP contribution in [-0.4, -0.2) is 79.9 Å². The van der Waals surface area contributed by atoms with E-state index < -0.39 is 0 Å². The molecular formula is C27H33N7O. The number of aryl methyl sites for hydroxylation is 1. The topological polar surface area (TPSA) is 80.5 Å². The number of nitrogens with zero attached hydrogens (tertiary/aromatic N) is 6. The summed E-state index contributed by atoms with van der Waals surface area (Å²) in [5.74, 6) is 0.914. The average molecular weight is 472 g/mol. The van der Waals surface area contributed by atoms with Crippen molar-refractivity contribution < 1.29 is 4.74 Å². The van der Waals surface area contributed by atoms with E-state index in [1.807, 2.05) is 26.1 Å². The lowest BCUT2D eigenvalue weighted by atomic mass is 10.1. The molecule has 0 radical (unpaired) electrons. The van der Waals surface area contributed by atoms with Gasteiger partial charge >= 0.3 is 0 Å². The summed E-state index contributed by atoms with van der Waals surface area (Å²) in [7, 11) is 1.91. The Hall–Kier alpha value is -3.41. The van der Waals surface area contributed by atoms with Crippen molar-refractivity contribution in [2.24, 2.45) is 0 Å². The standard InChI is InChI=1S/C27H33N7O/c1-19-13-22(14-26(29-3)31-19)33-11-9-32(10-12-33)17-23-18-34(16-20(2)35-23)25-7-6-21(15-28)27-24(25)5-4-8-30-27/h4-8,13-14,20,23H,9-12,16-18H2,1-3H3,(H,29,31). The zero-order chi connectivity index (χ0) is 24.4. The van der Waals surface area contributed by atoms with Crippen LogP contribution in [0.4, 0.5) is 17.2 Å². The number of anilines is 3. The fourth-order valence-corrected chi connectivity index (χ4v) is 5.30. The minimum atomic E-state index is 0.131. The lowest BCUT2D eigenvalue weighted by Gasteiger charge is -2.42. The molecule has 1 N–H and O–H groups in total. The van der Waals surface area contributed by atoms with E-state index in [0.717, 1.165) is 73.9 Å². The Kier molecular flexibility index (Phi) is 6.71. The molecule has 5 rings (SSSR count). The predicted octanol–water partition coefficient (Wildman–Crippen LogP) is 3.27. The van der Waals surface area contributed by atoms with Gasteiger partial charge in [0.25, 0.3) is 0 Å². The molecule has 1 aromatic carbocycles. The molecule has 0 bridgehead atoms. The molecule has 2 fully saturated rings. The molecule has 4 heterocycles. The van der Waals surface area contributed by atoms with Crippen LogP contribution in [0.5, 0.6) is 0 Å². The van der Waals surface area contributed by atoms with Crippen LogP contribution in [-0.2, 0) is 4.74 Å². The number of aromatic nitrogens is 2. The highest BCUT2D eigenvalue weighted by molar-refractivity contribution is 5.95. The SMILES string of the molecule is CNc1cc(N2CCN(CC3CN(c4ccc(C#N)c5ncccc45)CC(C)O3)CC2)cc(C)n1. The smallest absolute Gasteiger partial charge is 0.128 e. The fraction of sp³-hybridized carbons (Fsp3) is 0.444. The summed E-state index contributed by atoms with van der Waals surface area (Å²) in [5.41, 5.74) is 4.78. The third-order valence-electron chi connectivity index (χ3n) is 6.93. The van der Waals surface area contributed by atoms with Gasteiger partial charge in [-0.15, -0.1) is 0 Å². The summed E-state index contributed by atoms with van der Waals surface area (Å²) in [6.45, 7) is 10.8. The summed E-state index contributed by atoms with van der Waals surface area (Å²) < 4.78 is 6.37. The van der Waals surface area contributed by atoms with Gasteiger partial charge in [0.15, 0.2) is 0 Å². The van der Waals surface area contributed by atoms with Gasteiger partial charge in [-0.05, 0) is 44.2 Å². The fourth-order valence-electron chi connectivity index (χ4n) is 5.30. The molecule has 3 aromatic rings. The monoisotopic (exact) mass is 471 g/mol. The predicted molar refractivity (Wildman–Crippen MR) is 140 cm³/mol. The highest BCUT2D eigenvalue weighted by atomic mass is 16.5. The van der Waals surface area contributed by atoms with E-state index in [4.69, 9.17) is 4.74 Å². The number of rotatable bonds is 5. The second kappa shape index (κ2) is 10.1. The average Bonchev–Trinajstić information content (AvgIpc) is 2.87. The third-order valence-corrected chi connectivity index (χ3v) is 6.93. The number of nitrogens with one attached hydrogen (secondary N) is 1. The van der Waals surface area contributed by atoms with E-state index in [0.29, 0.717) is 5.56 Å². The van der Waals surface area contributed by atoms with Gasteiger partial charge in [-0.1, -0.05) is 0 Å². The second-order valence-electron chi connectivity index (χ2n) is 9.51. The molecular weight excluding hydrogens is 438 g/mol.